The van der Waals surface area contributed by atoms with E-state index in [9.17, 15) is 27.9 Å². The summed E-state index contributed by atoms with van der Waals surface area (Å²) in [7, 11) is 0. The van der Waals surface area contributed by atoms with E-state index in [2.05, 4.69) is 5.32 Å². The van der Waals surface area contributed by atoms with Crippen molar-refractivity contribution in [2.75, 3.05) is 23.4 Å². The number of phenols is 1. The first-order chi connectivity index (χ1) is 12.8. The highest BCUT2D eigenvalue weighted by molar-refractivity contribution is 6.12. The first-order valence-corrected chi connectivity index (χ1v) is 7.64. The van der Waals surface area contributed by atoms with Crippen LogP contribution < -0.4 is 19.7 Å². The maximum Gasteiger partial charge on any atom is 0.416 e. The Morgan fingerprint density at radius 2 is 1.81 bits per heavy atom. The maximum absolute atomic E-state index is 12.8. The molecule has 3 rings (SSSR count). The lowest BCUT2D eigenvalue weighted by Gasteiger charge is -2.22. The topological polar surface area (TPSA) is 88.1 Å². The number of rotatable bonds is 3. The van der Waals surface area contributed by atoms with Crippen LogP contribution in [-0.2, 0) is 11.0 Å². The Hall–Kier alpha value is -3.43. The molecule has 142 valence electrons. The summed E-state index contributed by atoms with van der Waals surface area (Å²) in [5.74, 6) is 0.0891. The molecule has 0 atom stereocenters. The number of alkyl halides is 3. The third kappa shape index (κ3) is 4.05. The van der Waals surface area contributed by atoms with E-state index in [0.717, 1.165) is 6.07 Å². The van der Waals surface area contributed by atoms with Crippen LogP contribution in [0.15, 0.2) is 36.4 Å². The summed E-state index contributed by atoms with van der Waals surface area (Å²) in [6.07, 6.45) is -4.51. The highest BCUT2D eigenvalue weighted by Crippen LogP contribution is 2.35. The average molecular weight is 382 g/mol. The van der Waals surface area contributed by atoms with Gasteiger partial charge in [0.15, 0.2) is 11.5 Å². The molecule has 2 aromatic rings. The van der Waals surface area contributed by atoms with Gasteiger partial charge in [0.05, 0.1) is 11.3 Å². The van der Waals surface area contributed by atoms with Gasteiger partial charge in [-0.15, -0.1) is 0 Å². The third-order valence-corrected chi connectivity index (χ3v) is 3.62. The van der Waals surface area contributed by atoms with Crippen LogP contribution in [0.3, 0.4) is 0 Å². The quantitative estimate of drug-likeness (QED) is 0.795. The van der Waals surface area contributed by atoms with E-state index in [0.29, 0.717) is 41.7 Å². The SMILES string of the molecule is O=CN(C(=O)Nc1cc(O)cc(C(F)(F)F)c1)c1ccc2c(c1)OCCO2. The highest BCUT2D eigenvalue weighted by atomic mass is 19.4. The van der Waals surface area contributed by atoms with E-state index in [1.165, 1.54) is 18.2 Å². The van der Waals surface area contributed by atoms with Crippen LogP contribution in [0, 0.1) is 0 Å². The van der Waals surface area contributed by atoms with E-state index in [1.54, 1.807) is 0 Å². The predicted octanol–water partition coefficient (Wildman–Crippen LogP) is 3.38. The van der Waals surface area contributed by atoms with Gasteiger partial charge in [0.25, 0.3) is 0 Å². The predicted molar refractivity (Wildman–Crippen MR) is 88.1 cm³/mol. The molecule has 27 heavy (non-hydrogen) atoms. The van der Waals surface area contributed by atoms with Gasteiger partial charge in [0.2, 0.25) is 6.41 Å². The summed E-state index contributed by atoms with van der Waals surface area (Å²) in [5, 5.41) is 11.6. The molecule has 2 N–H and O–H groups in total. The number of urea groups is 1. The average Bonchev–Trinajstić information content (AvgIpc) is 2.61. The van der Waals surface area contributed by atoms with Gasteiger partial charge in [-0.05, 0) is 24.3 Å². The van der Waals surface area contributed by atoms with E-state index >= 15 is 0 Å². The normalized spacial score (nSPS) is 13.0. The molecule has 0 aromatic heterocycles. The van der Waals surface area contributed by atoms with Gasteiger partial charge in [-0.2, -0.15) is 13.2 Å². The number of aromatic hydroxyl groups is 1. The fourth-order valence-corrected chi connectivity index (χ4v) is 2.44. The minimum absolute atomic E-state index is 0.128. The number of carbonyl (C=O) groups excluding carboxylic acids is 2. The second-order valence-corrected chi connectivity index (χ2v) is 5.50. The van der Waals surface area contributed by atoms with Gasteiger partial charge >= 0.3 is 12.2 Å². The van der Waals surface area contributed by atoms with Crippen molar-refractivity contribution in [2.24, 2.45) is 0 Å². The smallest absolute Gasteiger partial charge is 0.416 e. The van der Waals surface area contributed by atoms with Gasteiger partial charge in [-0.3, -0.25) is 4.79 Å². The number of hydrogen-bond donors (Lipinski definition) is 2. The van der Waals surface area contributed by atoms with Crippen molar-refractivity contribution in [3.8, 4) is 17.2 Å². The molecule has 1 heterocycles. The van der Waals surface area contributed by atoms with Gasteiger partial charge in [-0.1, -0.05) is 0 Å². The minimum Gasteiger partial charge on any atom is -0.508 e. The number of halogens is 3. The number of benzene rings is 2. The standard InChI is InChI=1S/C17H13F3N2O5/c18-17(19,20)10-5-11(7-13(24)6-10)21-16(25)22(9-23)12-1-2-14-15(8-12)27-4-3-26-14/h1-2,5-9,24H,3-4H2,(H,21,25). The summed E-state index contributed by atoms with van der Waals surface area (Å²) >= 11 is 0. The molecular weight excluding hydrogens is 369 g/mol. The number of imide groups is 1. The van der Waals surface area contributed by atoms with Crippen molar-refractivity contribution in [2.45, 2.75) is 6.18 Å². The number of anilines is 2. The molecule has 0 aliphatic carbocycles. The van der Waals surface area contributed by atoms with Crippen molar-refractivity contribution in [3.05, 3.63) is 42.0 Å². The Morgan fingerprint density at radius 1 is 1.11 bits per heavy atom. The van der Waals surface area contributed by atoms with Crippen LogP contribution in [0.25, 0.3) is 0 Å². The molecule has 0 unspecified atom stereocenters. The molecule has 2 aromatic carbocycles. The van der Waals surface area contributed by atoms with Crippen molar-refractivity contribution in [3.63, 3.8) is 0 Å². The van der Waals surface area contributed by atoms with Crippen LogP contribution in [0.2, 0.25) is 0 Å². The molecule has 1 aliphatic heterocycles. The van der Waals surface area contributed by atoms with Crippen molar-refractivity contribution >= 4 is 23.8 Å². The number of ether oxygens (including phenoxy) is 2. The summed E-state index contributed by atoms with van der Waals surface area (Å²) < 4.78 is 49.2. The van der Waals surface area contributed by atoms with Crippen molar-refractivity contribution in [1.82, 2.24) is 0 Å². The van der Waals surface area contributed by atoms with Crippen molar-refractivity contribution < 1.29 is 37.3 Å². The molecule has 1 aliphatic rings. The molecule has 7 nitrogen and oxygen atoms in total. The third-order valence-electron chi connectivity index (χ3n) is 3.62. The lowest BCUT2D eigenvalue weighted by molar-refractivity contribution is -0.137. The van der Waals surface area contributed by atoms with E-state index in [4.69, 9.17) is 9.47 Å². The highest BCUT2D eigenvalue weighted by Gasteiger charge is 2.31. The van der Waals surface area contributed by atoms with Crippen LogP contribution in [0.5, 0.6) is 17.2 Å². The van der Waals surface area contributed by atoms with Gasteiger partial charge in [0.1, 0.15) is 19.0 Å². The zero-order valence-electron chi connectivity index (χ0n) is 13.6. The zero-order valence-corrected chi connectivity index (χ0v) is 13.6. The number of carbonyl (C=O) groups is 2. The molecule has 0 bridgehead atoms. The Labute approximate surface area is 150 Å². The lowest BCUT2D eigenvalue weighted by Crippen LogP contribution is -2.34. The number of phenolic OH excluding ortho intramolecular Hbond substituents is 1. The summed E-state index contributed by atoms with van der Waals surface area (Å²) in [6, 6.07) is 5.40. The van der Waals surface area contributed by atoms with Gasteiger partial charge in [-0.25, -0.2) is 9.69 Å². The number of nitrogens with one attached hydrogen (secondary N) is 1. The first-order valence-electron chi connectivity index (χ1n) is 7.64. The van der Waals surface area contributed by atoms with E-state index in [1.807, 2.05) is 0 Å². The summed E-state index contributed by atoms with van der Waals surface area (Å²) in [6.45, 7) is 0.663. The number of amides is 3. The lowest BCUT2D eigenvalue weighted by atomic mass is 10.2. The van der Waals surface area contributed by atoms with Crippen LogP contribution >= 0.6 is 0 Å². The molecule has 0 spiro atoms. The fraction of sp³-hybridized carbons (Fsp3) is 0.176. The van der Waals surface area contributed by atoms with E-state index < -0.39 is 23.5 Å². The van der Waals surface area contributed by atoms with Crippen LogP contribution in [0.4, 0.5) is 29.3 Å². The number of fused-ring (bicyclic) bond motifs is 1. The number of nitrogens with zero attached hydrogens (tertiary/aromatic N) is 1. The molecule has 0 saturated carbocycles. The molecule has 3 amide bonds. The molecule has 0 saturated heterocycles. The molecular formula is C17H13F3N2O5. The Bertz CT molecular complexity index is 885. The Morgan fingerprint density at radius 3 is 2.48 bits per heavy atom. The maximum atomic E-state index is 12.8. The summed E-state index contributed by atoms with van der Waals surface area (Å²) in [5.41, 5.74) is -1.34. The molecule has 0 radical (unpaired) electrons. The Kier molecular flexibility index (Phi) is 4.80. The molecule has 10 heteroatoms. The van der Waals surface area contributed by atoms with Crippen LogP contribution in [-0.4, -0.2) is 30.8 Å². The molecule has 0 fully saturated rings. The monoisotopic (exact) mass is 382 g/mol. The Balaban J connectivity index is 1.84. The van der Waals surface area contributed by atoms with Crippen molar-refractivity contribution in [1.29, 1.82) is 0 Å². The summed E-state index contributed by atoms with van der Waals surface area (Å²) in [4.78, 5) is 24.3. The minimum atomic E-state index is -4.71. The fourth-order valence-electron chi connectivity index (χ4n) is 2.44. The van der Waals surface area contributed by atoms with Crippen LogP contribution in [0.1, 0.15) is 5.56 Å². The second-order valence-electron chi connectivity index (χ2n) is 5.50. The number of hydrogen-bond acceptors (Lipinski definition) is 5. The van der Waals surface area contributed by atoms with Gasteiger partial charge in [0, 0.05) is 17.8 Å². The van der Waals surface area contributed by atoms with Gasteiger partial charge < -0.3 is 19.9 Å². The zero-order chi connectivity index (χ0) is 19.6. The largest absolute Gasteiger partial charge is 0.508 e. The second kappa shape index (κ2) is 7.06. The van der Waals surface area contributed by atoms with E-state index in [-0.39, 0.29) is 17.8 Å². The first kappa shape index (κ1) is 18.4.